The SMILES string of the molecule is Cc1ccc(S(=O)(=O)N2CCN(CC(=O)ON3C(=O)c4ccccc4C3=O)CC2)cc1. The molecular weight excluding hydrogens is 422 g/mol. The van der Waals surface area contributed by atoms with Gasteiger partial charge in [0.2, 0.25) is 10.0 Å². The predicted octanol–water partition coefficient (Wildman–Crippen LogP) is 1.06. The van der Waals surface area contributed by atoms with Crippen molar-refractivity contribution in [2.24, 2.45) is 0 Å². The summed E-state index contributed by atoms with van der Waals surface area (Å²) < 4.78 is 26.9. The number of piperazine rings is 1. The lowest BCUT2D eigenvalue weighted by Crippen LogP contribution is -2.50. The number of hydrogen-bond acceptors (Lipinski definition) is 7. The molecule has 2 aromatic rings. The molecule has 0 atom stereocenters. The number of amides is 2. The summed E-state index contributed by atoms with van der Waals surface area (Å²) in [6.45, 7) is 2.81. The minimum Gasteiger partial charge on any atom is -0.328 e. The van der Waals surface area contributed by atoms with Crippen LogP contribution in [-0.4, -0.2) is 73.2 Å². The molecule has 1 fully saturated rings. The molecule has 0 N–H and O–H groups in total. The molecular formula is C21H21N3O6S. The summed E-state index contributed by atoms with van der Waals surface area (Å²) in [6.07, 6.45) is 0. The molecule has 2 aliphatic heterocycles. The topological polar surface area (TPSA) is 104 Å². The van der Waals surface area contributed by atoms with E-state index < -0.39 is 27.8 Å². The summed E-state index contributed by atoms with van der Waals surface area (Å²) in [5.74, 6) is -2.12. The van der Waals surface area contributed by atoms with E-state index in [2.05, 4.69) is 0 Å². The minimum absolute atomic E-state index is 0.161. The first kappa shape index (κ1) is 21.2. The maximum Gasteiger partial charge on any atom is 0.347 e. The molecule has 0 saturated carbocycles. The number of benzene rings is 2. The number of imide groups is 1. The number of hydrogen-bond donors (Lipinski definition) is 0. The van der Waals surface area contributed by atoms with Gasteiger partial charge in [-0.2, -0.15) is 4.31 Å². The zero-order valence-corrected chi connectivity index (χ0v) is 17.7. The minimum atomic E-state index is -3.60. The van der Waals surface area contributed by atoms with Crippen LogP contribution in [0, 0.1) is 6.92 Å². The van der Waals surface area contributed by atoms with Crippen molar-refractivity contribution in [1.29, 1.82) is 0 Å². The Kier molecular flexibility index (Phi) is 5.61. The van der Waals surface area contributed by atoms with Gasteiger partial charge in [0.05, 0.1) is 22.6 Å². The van der Waals surface area contributed by atoms with Crippen molar-refractivity contribution in [1.82, 2.24) is 14.3 Å². The van der Waals surface area contributed by atoms with Gasteiger partial charge in [-0.05, 0) is 31.2 Å². The average Bonchev–Trinajstić information content (AvgIpc) is 2.99. The van der Waals surface area contributed by atoms with E-state index in [1.807, 2.05) is 6.92 Å². The molecule has 1 saturated heterocycles. The largest absolute Gasteiger partial charge is 0.347 e. The van der Waals surface area contributed by atoms with Crippen LogP contribution in [0.4, 0.5) is 0 Å². The van der Waals surface area contributed by atoms with Crippen LogP contribution in [0.2, 0.25) is 0 Å². The Balaban J connectivity index is 1.32. The van der Waals surface area contributed by atoms with Gasteiger partial charge in [-0.1, -0.05) is 34.9 Å². The van der Waals surface area contributed by atoms with Crippen molar-refractivity contribution in [3.05, 3.63) is 65.2 Å². The predicted molar refractivity (Wildman–Crippen MR) is 109 cm³/mol. The first-order valence-corrected chi connectivity index (χ1v) is 11.2. The highest BCUT2D eigenvalue weighted by Crippen LogP contribution is 2.23. The van der Waals surface area contributed by atoms with Crippen molar-refractivity contribution in [3.63, 3.8) is 0 Å². The Morgan fingerprint density at radius 3 is 2.00 bits per heavy atom. The third-order valence-corrected chi connectivity index (χ3v) is 7.21. The molecule has 10 heteroatoms. The third kappa shape index (κ3) is 4.09. The molecule has 2 aromatic carbocycles. The van der Waals surface area contributed by atoms with E-state index in [1.54, 1.807) is 41.3 Å². The van der Waals surface area contributed by atoms with E-state index in [4.69, 9.17) is 4.84 Å². The number of aryl methyl sites for hydroxylation is 1. The first-order chi connectivity index (χ1) is 14.8. The monoisotopic (exact) mass is 443 g/mol. The van der Waals surface area contributed by atoms with Gasteiger partial charge in [0.15, 0.2) is 0 Å². The first-order valence-electron chi connectivity index (χ1n) is 9.75. The van der Waals surface area contributed by atoms with Crippen LogP contribution in [0.1, 0.15) is 26.3 Å². The second-order valence-corrected chi connectivity index (χ2v) is 9.34. The van der Waals surface area contributed by atoms with E-state index >= 15 is 0 Å². The fourth-order valence-electron chi connectivity index (χ4n) is 3.55. The molecule has 2 heterocycles. The van der Waals surface area contributed by atoms with Gasteiger partial charge < -0.3 is 4.84 Å². The van der Waals surface area contributed by atoms with Gasteiger partial charge in [0, 0.05) is 26.2 Å². The molecule has 0 aromatic heterocycles. The van der Waals surface area contributed by atoms with E-state index in [0.29, 0.717) is 18.2 Å². The molecule has 0 aliphatic carbocycles. The second kappa shape index (κ2) is 8.22. The fraction of sp³-hybridized carbons (Fsp3) is 0.286. The van der Waals surface area contributed by atoms with Crippen LogP contribution >= 0.6 is 0 Å². The number of carbonyl (C=O) groups excluding carboxylic acids is 3. The summed E-state index contributed by atoms with van der Waals surface area (Å²) in [4.78, 5) is 43.8. The van der Waals surface area contributed by atoms with Crippen LogP contribution in [-0.2, 0) is 19.7 Å². The van der Waals surface area contributed by atoms with Crippen LogP contribution in [0.15, 0.2) is 53.4 Å². The molecule has 0 unspecified atom stereocenters. The van der Waals surface area contributed by atoms with Crippen molar-refractivity contribution in [2.75, 3.05) is 32.7 Å². The lowest BCUT2D eigenvalue weighted by atomic mass is 10.1. The quantitative estimate of drug-likeness (QED) is 0.637. The smallest absolute Gasteiger partial charge is 0.328 e. The molecule has 0 radical (unpaired) electrons. The van der Waals surface area contributed by atoms with Crippen LogP contribution in [0.5, 0.6) is 0 Å². The van der Waals surface area contributed by atoms with E-state index in [1.165, 1.54) is 16.4 Å². The Morgan fingerprint density at radius 1 is 0.903 bits per heavy atom. The standard InChI is InChI=1S/C21H21N3O6S/c1-15-6-8-16(9-7-15)31(28,29)23-12-10-22(11-13-23)14-19(25)30-24-20(26)17-4-2-3-5-18(17)21(24)27/h2-9H,10-14H2,1H3. The summed E-state index contributed by atoms with van der Waals surface area (Å²) in [7, 11) is -3.60. The maximum absolute atomic E-state index is 12.8. The number of hydroxylamine groups is 2. The summed E-state index contributed by atoms with van der Waals surface area (Å²) >= 11 is 0. The molecule has 4 rings (SSSR count). The summed E-state index contributed by atoms with van der Waals surface area (Å²) in [5, 5.41) is 0.477. The molecule has 9 nitrogen and oxygen atoms in total. The molecule has 2 amide bonds. The normalized spacial score (nSPS) is 17.6. The lowest BCUT2D eigenvalue weighted by Gasteiger charge is -2.33. The van der Waals surface area contributed by atoms with Crippen LogP contribution in [0.25, 0.3) is 0 Å². The Hall–Kier alpha value is -3.08. The van der Waals surface area contributed by atoms with E-state index in [9.17, 15) is 22.8 Å². The van der Waals surface area contributed by atoms with Gasteiger partial charge in [0.1, 0.15) is 0 Å². The zero-order chi connectivity index (χ0) is 22.2. The van der Waals surface area contributed by atoms with Crippen molar-refractivity contribution < 1.29 is 27.6 Å². The highest BCUT2D eigenvalue weighted by molar-refractivity contribution is 7.89. The van der Waals surface area contributed by atoms with Crippen molar-refractivity contribution >= 4 is 27.8 Å². The molecule has 31 heavy (non-hydrogen) atoms. The summed E-state index contributed by atoms with van der Waals surface area (Å²) in [5.41, 5.74) is 1.35. The van der Waals surface area contributed by atoms with Crippen molar-refractivity contribution in [3.8, 4) is 0 Å². The Morgan fingerprint density at radius 2 is 1.45 bits per heavy atom. The molecule has 162 valence electrons. The number of nitrogens with zero attached hydrogens (tertiary/aromatic N) is 3. The molecule has 2 aliphatic rings. The van der Waals surface area contributed by atoms with Gasteiger partial charge in [-0.25, -0.2) is 13.2 Å². The van der Waals surface area contributed by atoms with Gasteiger partial charge in [-0.15, -0.1) is 0 Å². The number of sulfonamides is 1. The van der Waals surface area contributed by atoms with Crippen LogP contribution in [0.3, 0.4) is 0 Å². The number of carbonyl (C=O) groups is 3. The van der Waals surface area contributed by atoms with Gasteiger partial charge in [-0.3, -0.25) is 14.5 Å². The zero-order valence-electron chi connectivity index (χ0n) is 16.9. The Bertz CT molecular complexity index is 1100. The van der Waals surface area contributed by atoms with E-state index in [-0.39, 0.29) is 35.7 Å². The third-order valence-electron chi connectivity index (χ3n) is 5.29. The summed E-state index contributed by atoms with van der Waals surface area (Å²) in [6, 6.07) is 12.9. The second-order valence-electron chi connectivity index (χ2n) is 7.41. The van der Waals surface area contributed by atoms with Crippen LogP contribution < -0.4 is 0 Å². The maximum atomic E-state index is 12.8. The fourth-order valence-corrected chi connectivity index (χ4v) is 4.97. The van der Waals surface area contributed by atoms with Gasteiger partial charge >= 0.3 is 5.97 Å². The lowest BCUT2D eigenvalue weighted by molar-refractivity contribution is -0.170. The highest BCUT2D eigenvalue weighted by Gasteiger charge is 2.39. The van der Waals surface area contributed by atoms with Gasteiger partial charge in [0.25, 0.3) is 11.8 Å². The van der Waals surface area contributed by atoms with Crippen molar-refractivity contribution in [2.45, 2.75) is 11.8 Å². The molecule has 0 bridgehead atoms. The highest BCUT2D eigenvalue weighted by atomic mass is 32.2. The van der Waals surface area contributed by atoms with E-state index in [0.717, 1.165) is 5.56 Å². The number of fused-ring (bicyclic) bond motifs is 1. The average molecular weight is 443 g/mol. The number of rotatable bonds is 5. The Labute approximate surface area is 179 Å². The molecule has 0 spiro atoms.